The van der Waals surface area contributed by atoms with Gasteiger partial charge >= 0.3 is 5.97 Å². The lowest BCUT2D eigenvalue weighted by Crippen LogP contribution is -2.01. The van der Waals surface area contributed by atoms with Gasteiger partial charge in [0.2, 0.25) is 0 Å². The van der Waals surface area contributed by atoms with Crippen LogP contribution in [0.1, 0.15) is 52.4 Å². The van der Waals surface area contributed by atoms with Crippen LogP contribution < -0.4 is 0 Å². The fourth-order valence-electron chi connectivity index (χ4n) is 2.19. The number of rotatable bonds is 7. The van der Waals surface area contributed by atoms with Gasteiger partial charge in [0.05, 0.1) is 7.11 Å². The monoisotopic (exact) mass is 224 g/mol. The summed E-state index contributed by atoms with van der Waals surface area (Å²) < 4.78 is 4.68. The van der Waals surface area contributed by atoms with Crippen LogP contribution in [0.4, 0.5) is 0 Å². The van der Waals surface area contributed by atoms with Gasteiger partial charge in [0.1, 0.15) is 0 Å². The van der Waals surface area contributed by atoms with E-state index in [0.29, 0.717) is 5.92 Å². The van der Waals surface area contributed by atoms with Gasteiger partial charge in [-0.1, -0.05) is 38.7 Å². The molecule has 0 aliphatic heterocycles. The third-order valence-electron chi connectivity index (χ3n) is 3.38. The summed E-state index contributed by atoms with van der Waals surface area (Å²) in [5.74, 6) is 1.29. The van der Waals surface area contributed by atoms with Crippen molar-refractivity contribution >= 4 is 5.97 Å². The van der Waals surface area contributed by atoms with Gasteiger partial charge in [-0.05, 0) is 31.6 Å². The first-order valence-corrected chi connectivity index (χ1v) is 6.45. The average Bonchev–Trinajstić information content (AvgIpc) is 3.01. The zero-order valence-corrected chi connectivity index (χ0v) is 10.8. The standard InChI is InChI=1S/C14H24O2/c1-4-5-6-7-8-12-10-13(12)9-11(2)14(15)16-3/h9,12-13H,4-8,10H2,1-3H3/b11-9+. The normalized spacial score (nSPS) is 24.3. The van der Waals surface area contributed by atoms with E-state index in [9.17, 15) is 4.79 Å². The molecule has 1 rings (SSSR count). The second kappa shape index (κ2) is 6.72. The Hall–Kier alpha value is -0.790. The molecule has 2 unspecified atom stereocenters. The van der Waals surface area contributed by atoms with Gasteiger partial charge in [-0.25, -0.2) is 4.79 Å². The molecule has 0 saturated heterocycles. The molecule has 0 aromatic carbocycles. The molecule has 0 radical (unpaired) electrons. The first-order chi connectivity index (χ1) is 7.69. The van der Waals surface area contributed by atoms with Crippen molar-refractivity contribution in [3.63, 3.8) is 0 Å². The molecule has 1 saturated carbocycles. The molecule has 0 spiro atoms. The van der Waals surface area contributed by atoms with Crippen molar-refractivity contribution in [2.24, 2.45) is 11.8 Å². The number of carbonyl (C=O) groups excluding carboxylic acids is 1. The van der Waals surface area contributed by atoms with Crippen LogP contribution >= 0.6 is 0 Å². The molecular weight excluding hydrogens is 200 g/mol. The molecule has 1 aliphatic carbocycles. The van der Waals surface area contributed by atoms with Crippen LogP contribution in [0.2, 0.25) is 0 Å². The lowest BCUT2D eigenvalue weighted by Gasteiger charge is -1.99. The van der Waals surface area contributed by atoms with Crippen molar-refractivity contribution in [3.8, 4) is 0 Å². The van der Waals surface area contributed by atoms with Crippen LogP contribution in [0.15, 0.2) is 11.6 Å². The molecular formula is C14H24O2. The quantitative estimate of drug-likeness (QED) is 0.374. The van der Waals surface area contributed by atoms with Crippen molar-refractivity contribution in [2.75, 3.05) is 7.11 Å². The van der Waals surface area contributed by atoms with E-state index in [0.717, 1.165) is 11.5 Å². The molecule has 16 heavy (non-hydrogen) atoms. The first-order valence-electron chi connectivity index (χ1n) is 6.45. The molecule has 2 atom stereocenters. The van der Waals surface area contributed by atoms with E-state index < -0.39 is 0 Å². The Morgan fingerprint density at radius 2 is 2.12 bits per heavy atom. The highest BCUT2D eigenvalue weighted by Gasteiger charge is 2.34. The van der Waals surface area contributed by atoms with Gasteiger partial charge in [0.25, 0.3) is 0 Å². The van der Waals surface area contributed by atoms with E-state index in [1.165, 1.54) is 45.6 Å². The number of esters is 1. The molecule has 0 aromatic heterocycles. The van der Waals surface area contributed by atoms with Crippen molar-refractivity contribution in [3.05, 3.63) is 11.6 Å². The third kappa shape index (κ3) is 4.38. The predicted octanol–water partition coefficient (Wildman–Crippen LogP) is 3.71. The van der Waals surface area contributed by atoms with Crippen LogP contribution in [-0.2, 0) is 9.53 Å². The van der Waals surface area contributed by atoms with Crippen molar-refractivity contribution in [1.29, 1.82) is 0 Å². The molecule has 92 valence electrons. The van der Waals surface area contributed by atoms with Crippen LogP contribution in [-0.4, -0.2) is 13.1 Å². The second-order valence-corrected chi connectivity index (χ2v) is 4.85. The number of hydrogen-bond donors (Lipinski definition) is 0. The minimum Gasteiger partial charge on any atom is -0.466 e. The van der Waals surface area contributed by atoms with E-state index in [1.54, 1.807) is 0 Å². The summed E-state index contributed by atoms with van der Waals surface area (Å²) in [6, 6.07) is 0. The number of ether oxygens (including phenoxy) is 1. The maximum atomic E-state index is 11.2. The number of carbonyl (C=O) groups is 1. The predicted molar refractivity (Wildman–Crippen MR) is 66.1 cm³/mol. The molecule has 0 amide bonds. The topological polar surface area (TPSA) is 26.3 Å². The number of hydrogen-bond acceptors (Lipinski definition) is 2. The van der Waals surface area contributed by atoms with Gasteiger partial charge in [-0.3, -0.25) is 0 Å². The van der Waals surface area contributed by atoms with Crippen LogP contribution in [0.3, 0.4) is 0 Å². The van der Waals surface area contributed by atoms with Crippen molar-refractivity contribution < 1.29 is 9.53 Å². The summed E-state index contributed by atoms with van der Waals surface area (Å²) >= 11 is 0. The first kappa shape index (κ1) is 13.3. The summed E-state index contributed by atoms with van der Waals surface area (Å²) in [6.07, 6.45) is 10.1. The highest BCUT2D eigenvalue weighted by atomic mass is 16.5. The van der Waals surface area contributed by atoms with E-state index in [1.807, 2.05) is 6.92 Å². The van der Waals surface area contributed by atoms with Crippen LogP contribution in [0, 0.1) is 11.8 Å². The Morgan fingerprint density at radius 1 is 1.38 bits per heavy atom. The molecule has 1 fully saturated rings. The zero-order chi connectivity index (χ0) is 12.0. The number of allylic oxidation sites excluding steroid dienone is 1. The fraction of sp³-hybridized carbons (Fsp3) is 0.786. The zero-order valence-electron chi connectivity index (χ0n) is 10.8. The van der Waals surface area contributed by atoms with Gasteiger partial charge in [-0.15, -0.1) is 0 Å². The fourth-order valence-corrected chi connectivity index (χ4v) is 2.19. The SMILES string of the molecule is CCCCCCC1CC1/C=C(\C)C(=O)OC. The number of methoxy groups -OCH3 is 1. The minimum atomic E-state index is -0.184. The summed E-state index contributed by atoms with van der Waals surface area (Å²) in [4.78, 5) is 11.2. The minimum absolute atomic E-state index is 0.184. The third-order valence-corrected chi connectivity index (χ3v) is 3.38. The molecule has 0 N–H and O–H groups in total. The Kier molecular flexibility index (Phi) is 5.58. The molecule has 2 heteroatoms. The van der Waals surface area contributed by atoms with Crippen molar-refractivity contribution in [1.82, 2.24) is 0 Å². The molecule has 1 aliphatic rings. The largest absolute Gasteiger partial charge is 0.466 e. The Balaban J connectivity index is 2.16. The van der Waals surface area contributed by atoms with Crippen LogP contribution in [0.25, 0.3) is 0 Å². The Bertz CT molecular complexity index is 255. The molecule has 2 nitrogen and oxygen atoms in total. The second-order valence-electron chi connectivity index (χ2n) is 4.85. The maximum absolute atomic E-state index is 11.2. The van der Waals surface area contributed by atoms with E-state index in [2.05, 4.69) is 17.7 Å². The summed E-state index contributed by atoms with van der Waals surface area (Å²) in [5.41, 5.74) is 0.767. The molecule has 0 aromatic rings. The van der Waals surface area contributed by atoms with Crippen molar-refractivity contribution in [2.45, 2.75) is 52.4 Å². The Labute approximate surface area is 99.1 Å². The van der Waals surface area contributed by atoms with E-state index in [-0.39, 0.29) is 5.97 Å². The summed E-state index contributed by atoms with van der Waals surface area (Å²) in [7, 11) is 1.44. The van der Waals surface area contributed by atoms with Gasteiger partial charge in [0, 0.05) is 5.57 Å². The van der Waals surface area contributed by atoms with Crippen LogP contribution in [0.5, 0.6) is 0 Å². The summed E-state index contributed by atoms with van der Waals surface area (Å²) in [6.45, 7) is 4.08. The lowest BCUT2D eigenvalue weighted by atomic mass is 10.1. The average molecular weight is 224 g/mol. The summed E-state index contributed by atoms with van der Waals surface area (Å²) in [5, 5.41) is 0. The Morgan fingerprint density at radius 3 is 2.75 bits per heavy atom. The van der Waals surface area contributed by atoms with E-state index >= 15 is 0 Å². The van der Waals surface area contributed by atoms with Gasteiger partial charge in [0.15, 0.2) is 0 Å². The molecule has 0 bridgehead atoms. The van der Waals surface area contributed by atoms with Gasteiger partial charge in [-0.2, -0.15) is 0 Å². The highest BCUT2D eigenvalue weighted by Crippen LogP contribution is 2.44. The highest BCUT2D eigenvalue weighted by molar-refractivity contribution is 5.87. The lowest BCUT2D eigenvalue weighted by molar-refractivity contribution is -0.136. The molecule has 0 heterocycles. The number of unbranched alkanes of at least 4 members (excludes halogenated alkanes) is 3. The maximum Gasteiger partial charge on any atom is 0.333 e. The smallest absolute Gasteiger partial charge is 0.333 e. The van der Waals surface area contributed by atoms with E-state index in [4.69, 9.17) is 0 Å². The van der Waals surface area contributed by atoms with Gasteiger partial charge < -0.3 is 4.74 Å².